The van der Waals surface area contributed by atoms with Gasteiger partial charge in [-0.3, -0.25) is 0 Å². The predicted molar refractivity (Wildman–Crippen MR) is 57.1 cm³/mol. The van der Waals surface area contributed by atoms with Gasteiger partial charge in [0.25, 0.3) is 0 Å². The maximum atomic E-state index is 5.86. The maximum Gasteiger partial charge on any atom is 0.214 e. The Balaban J connectivity index is 2.09. The molecule has 3 nitrogen and oxygen atoms in total. The first kappa shape index (κ1) is 9.59. The molecule has 1 aliphatic rings. The summed E-state index contributed by atoms with van der Waals surface area (Å²) >= 11 is 5.86. The molecule has 0 saturated heterocycles. The lowest BCUT2D eigenvalue weighted by Crippen LogP contribution is -2.23. The molecule has 1 N–H and O–H groups in total. The quantitative estimate of drug-likeness (QED) is 0.778. The van der Waals surface area contributed by atoms with E-state index >= 15 is 0 Å². The normalized spacial score (nSPS) is 17.6. The number of nitrogens with zero attached hydrogens (tertiary/aromatic N) is 1. The van der Waals surface area contributed by atoms with Gasteiger partial charge in [0.15, 0.2) is 0 Å². The van der Waals surface area contributed by atoms with E-state index in [2.05, 4.69) is 10.3 Å². The number of hydrogen-bond donors (Lipinski definition) is 1. The summed E-state index contributed by atoms with van der Waals surface area (Å²) in [7, 11) is 1.61. The summed E-state index contributed by atoms with van der Waals surface area (Å²) in [6, 6.07) is 5.67. The molecule has 0 aromatic carbocycles. The third-order valence-corrected chi connectivity index (χ3v) is 2.95. The minimum Gasteiger partial charge on any atom is -0.481 e. The Morgan fingerprint density at radius 2 is 2.36 bits per heavy atom. The lowest BCUT2D eigenvalue weighted by atomic mass is 10.3. The van der Waals surface area contributed by atoms with Crippen molar-refractivity contribution in [1.82, 2.24) is 4.98 Å². The summed E-state index contributed by atoms with van der Waals surface area (Å²) in [5, 5.41) is 3.33. The van der Waals surface area contributed by atoms with Crippen LogP contribution >= 0.6 is 11.6 Å². The number of hydrogen-bond acceptors (Lipinski definition) is 3. The summed E-state index contributed by atoms with van der Waals surface area (Å²) in [5.41, 5.74) is 0.0842. The number of halogens is 1. The molecule has 0 bridgehead atoms. The molecule has 1 aliphatic carbocycles. The molecule has 0 unspecified atom stereocenters. The minimum absolute atomic E-state index is 0.0842. The van der Waals surface area contributed by atoms with E-state index in [0.717, 1.165) is 18.7 Å². The van der Waals surface area contributed by atoms with Crippen molar-refractivity contribution in [2.75, 3.05) is 18.3 Å². The van der Waals surface area contributed by atoms with Gasteiger partial charge in [0, 0.05) is 11.9 Å². The van der Waals surface area contributed by atoms with E-state index in [9.17, 15) is 0 Å². The molecular weight excluding hydrogens is 200 g/mol. The van der Waals surface area contributed by atoms with Gasteiger partial charge in [0.2, 0.25) is 5.88 Å². The van der Waals surface area contributed by atoms with Crippen LogP contribution < -0.4 is 10.1 Å². The van der Waals surface area contributed by atoms with Gasteiger partial charge in [-0.05, 0) is 18.9 Å². The van der Waals surface area contributed by atoms with Crippen LogP contribution in [0.3, 0.4) is 0 Å². The summed E-state index contributed by atoms with van der Waals surface area (Å²) < 4.78 is 5.04. The van der Waals surface area contributed by atoms with E-state index < -0.39 is 0 Å². The lowest BCUT2D eigenvalue weighted by Gasteiger charge is -2.14. The number of alkyl halides is 1. The molecule has 0 atom stereocenters. The van der Waals surface area contributed by atoms with Crippen LogP contribution in [0.4, 0.5) is 5.82 Å². The van der Waals surface area contributed by atoms with E-state index in [-0.39, 0.29) is 5.54 Å². The zero-order valence-electron chi connectivity index (χ0n) is 8.09. The molecule has 0 radical (unpaired) electrons. The van der Waals surface area contributed by atoms with Crippen molar-refractivity contribution in [3.63, 3.8) is 0 Å². The Kier molecular flexibility index (Phi) is 2.50. The van der Waals surface area contributed by atoms with Crippen LogP contribution in [0.2, 0.25) is 0 Å². The zero-order chi connectivity index (χ0) is 10.0. The van der Waals surface area contributed by atoms with Gasteiger partial charge < -0.3 is 10.1 Å². The van der Waals surface area contributed by atoms with Gasteiger partial charge in [-0.1, -0.05) is 6.07 Å². The summed E-state index contributed by atoms with van der Waals surface area (Å²) in [6.45, 7) is 0. The lowest BCUT2D eigenvalue weighted by molar-refractivity contribution is 0.398. The van der Waals surface area contributed by atoms with Gasteiger partial charge >= 0.3 is 0 Å². The van der Waals surface area contributed by atoms with Crippen molar-refractivity contribution in [2.24, 2.45) is 0 Å². The van der Waals surface area contributed by atoms with Crippen molar-refractivity contribution in [2.45, 2.75) is 18.4 Å². The monoisotopic (exact) mass is 212 g/mol. The van der Waals surface area contributed by atoms with Gasteiger partial charge in [-0.2, -0.15) is 4.98 Å². The van der Waals surface area contributed by atoms with Crippen molar-refractivity contribution in [3.8, 4) is 5.88 Å². The Hall–Kier alpha value is -0.960. The highest BCUT2D eigenvalue weighted by Gasteiger charge is 2.42. The van der Waals surface area contributed by atoms with Gasteiger partial charge in [-0.15, -0.1) is 11.6 Å². The van der Waals surface area contributed by atoms with E-state index in [1.165, 1.54) is 0 Å². The van der Waals surface area contributed by atoms with Gasteiger partial charge in [-0.25, -0.2) is 0 Å². The summed E-state index contributed by atoms with van der Waals surface area (Å²) in [5.74, 6) is 2.09. The Labute approximate surface area is 88.4 Å². The van der Waals surface area contributed by atoms with Crippen LogP contribution in [0, 0.1) is 0 Å². The number of nitrogens with one attached hydrogen (secondary N) is 1. The average Bonchev–Trinajstić information content (AvgIpc) is 2.99. The molecule has 1 aromatic heterocycles. The number of pyridine rings is 1. The molecule has 1 heterocycles. The van der Waals surface area contributed by atoms with Crippen molar-refractivity contribution in [1.29, 1.82) is 0 Å². The third kappa shape index (κ3) is 1.93. The molecule has 0 spiro atoms. The van der Waals surface area contributed by atoms with E-state index in [0.29, 0.717) is 11.8 Å². The fraction of sp³-hybridized carbons (Fsp3) is 0.500. The van der Waals surface area contributed by atoms with Crippen molar-refractivity contribution in [3.05, 3.63) is 18.2 Å². The Morgan fingerprint density at radius 1 is 1.57 bits per heavy atom. The highest BCUT2D eigenvalue weighted by atomic mass is 35.5. The van der Waals surface area contributed by atoms with Gasteiger partial charge in [0.05, 0.1) is 12.6 Å². The average molecular weight is 213 g/mol. The standard InChI is InChI=1S/C10H13ClN2O/c1-14-9-4-2-3-8(12-9)13-10(7-11)5-6-10/h2-4H,5-7H2,1H3,(H,12,13). The summed E-state index contributed by atoms with van der Waals surface area (Å²) in [6.07, 6.45) is 2.24. The molecule has 1 aromatic rings. The van der Waals surface area contributed by atoms with Crippen LogP contribution in [-0.4, -0.2) is 23.5 Å². The van der Waals surface area contributed by atoms with Crippen LogP contribution in [0.5, 0.6) is 5.88 Å². The maximum absolute atomic E-state index is 5.86. The van der Waals surface area contributed by atoms with Crippen molar-refractivity contribution < 1.29 is 4.74 Å². The number of aromatic nitrogens is 1. The fourth-order valence-electron chi connectivity index (χ4n) is 1.31. The van der Waals surface area contributed by atoms with Crippen LogP contribution in [0.1, 0.15) is 12.8 Å². The Morgan fingerprint density at radius 3 is 2.93 bits per heavy atom. The first-order valence-corrected chi connectivity index (χ1v) is 5.17. The zero-order valence-corrected chi connectivity index (χ0v) is 8.84. The molecule has 1 saturated carbocycles. The molecule has 2 rings (SSSR count). The first-order valence-electron chi connectivity index (χ1n) is 4.63. The topological polar surface area (TPSA) is 34.1 Å². The minimum atomic E-state index is 0.0842. The molecule has 4 heteroatoms. The number of rotatable bonds is 4. The van der Waals surface area contributed by atoms with Crippen molar-refractivity contribution >= 4 is 17.4 Å². The number of anilines is 1. The first-order chi connectivity index (χ1) is 6.78. The second kappa shape index (κ2) is 3.65. The van der Waals surface area contributed by atoms with E-state index in [1.807, 2.05) is 18.2 Å². The number of ether oxygens (including phenoxy) is 1. The fourth-order valence-corrected chi connectivity index (χ4v) is 1.65. The highest BCUT2D eigenvalue weighted by molar-refractivity contribution is 6.19. The molecule has 76 valence electrons. The smallest absolute Gasteiger partial charge is 0.214 e. The van der Waals surface area contributed by atoms with E-state index in [1.54, 1.807) is 7.11 Å². The summed E-state index contributed by atoms with van der Waals surface area (Å²) in [4.78, 5) is 4.27. The van der Waals surface area contributed by atoms with Crippen LogP contribution in [0.25, 0.3) is 0 Å². The number of methoxy groups -OCH3 is 1. The second-order valence-corrected chi connectivity index (χ2v) is 3.87. The largest absolute Gasteiger partial charge is 0.481 e. The van der Waals surface area contributed by atoms with Crippen LogP contribution in [0.15, 0.2) is 18.2 Å². The molecular formula is C10H13ClN2O. The van der Waals surface area contributed by atoms with Crippen LogP contribution in [-0.2, 0) is 0 Å². The highest BCUT2D eigenvalue weighted by Crippen LogP contribution is 2.39. The molecule has 0 aliphatic heterocycles. The van der Waals surface area contributed by atoms with Gasteiger partial charge in [0.1, 0.15) is 5.82 Å². The molecule has 0 amide bonds. The predicted octanol–water partition coefficient (Wildman–Crippen LogP) is 2.27. The Bertz CT molecular complexity index is 326. The molecule has 14 heavy (non-hydrogen) atoms. The molecule has 1 fully saturated rings. The second-order valence-electron chi connectivity index (χ2n) is 3.60. The SMILES string of the molecule is COc1cccc(NC2(CCl)CC2)n1. The third-order valence-electron chi connectivity index (χ3n) is 2.44. The van der Waals surface area contributed by atoms with E-state index in [4.69, 9.17) is 16.3 Å².